The Labute approximate surface area is 370 Å². The highest BCUT2D eigenvalue weighted by Gasteiger charge is 2.20. The van der Waals surface area contributed by atoms with Gasteiger partial charge >= 0.3 is 0 Å². The van der Waals surface area contributed by atoms with E-state index in [9.17, 15) is 0 Å². The van der Waals surface area contributed by atoms with Crippen LogP contribution in [0.1, 0.15) is 120 Å². The van der Waals surface area contributed by atoms with E-state index in [2.05, 4.69) is 151 Å². The number of hydrogen-bond donors (Lipinski definition) is 0. The van der Waals surface area contributed by atoms with E-state index in [-0.39, 0.29) is 0 Å². The highest BCUT2D eigenvalue weighted by Crippen LogP contribution is 2.22. The van der Waals surface area contributed by atoms with Crippen molar-refractivity contribution in [2.75, 3.05) is 108 Å². The summed E-state index contributed by atoms with van der Waals surface area (Å²) in [4.78, 5) is 42.5. The molecular formula is C48H90N12. The van der Waals surface area contributed by atoms with Gasteiger partial charge in [-0.1, -0.05) is 80.5 Å². The van der Waals surface area contributed by atoms with Gasteiger partial charge in [-0.3, -0.25) is 0 Å². The van der Waals surface area contributed by atoms with Gasteiger partial charge in [0.15, 0.2) is 0 Å². The van der Waals surface area contributed by atoms with Crippen LogP contribution < -0.4 is 29.4 Å². The van der Waals surface area contributed by atoms with Crippen LogP contribution in [0, 0.1) is 0 Å². The molecule has 0 saturated heterocycles. The fraction of sp³-hybridized carbons (Fsp3) is 0.625. The van der Waals surface area contributed by atoms with E-state index in [1.54, 1.807) is 0 Å². The van der Waals surface area contributed by atoms with E-state index in [0.29, 0.717) is 37.5 Å². The summed E-state index contributed by atoms with van der Waals surface area (Å²) < 4.78 is 0. The second kappa shape index (κ2) is 41.0. The molecule has 2 aromatic rings. The summed E-state index contributed by atoms with van der Waals surface area (Å²) in [5.74, 6) is 4.63. The predicted molar refractivity (Wildman–Crippen MR) is 270 cm³/mol. The van der Waals surface area contributed by atoms with E-state index >= 15 is 0 Å². The molecule has 0 fully saturated rings. The van der Waals surface area contributed by atoms with Gasteiger partial charge in [-0.25, -0.2) is 0 Å². The maximum atomic E-state index is 4.91. The van der Waals surface area contributed by atoms with E-state index in [4.69, 9.17) is 29.9 Å². The Morgan fingerprint density at radius 2 is 0.417 bits per heavy atom. The molecule has 60 heavy (non-hydrogen) atoms. The standard InChI is InChI=1S/C21H42N6.C21H36N6.3C2H4/c2*1-7-13-25(14-8-2)19-22-20(26(15-9-3)16-10-4)24-21(23-19)27(17-11-5)18-12-6;3*1-2/h7-18H2,1-6H3;7,9,11H,1,3,5,8,10,12-18H2,2,4,6H3;3*1-2H2. The third-order valence-corrected chi connectivity index (χ3v) is 8.39. The predicted octanol–water partition coefficient (Wildman–Crippen LogP) is 11.2. The largest absolute Gasteiger partial charge is 0.341 e. The van der Waals surface area contributed by atoms with Gasteiger partial charge in [0.25, 0.3) is 0 Å². The summed E-state index contributed by atoms with van der Waals surface area (Å²) in [5.41, 5.74) is 0. The van der Waals surface area contributed by atoms with Crippen molar-refractivity contribution in [3.05, 3.63) is 77.4 Å². The van der Waals surface area contributed by atoms with E-state index < -0.39 is 0 Å². The first-order chi connectivity index (χ1) is 29.3. The molecule has 0 amide bonds. The van der Waals surface area contributed by atoms with Crippen molar-refractivity contribution in [2.45, 2.75) is 120 Å². The van der Waals surface area contributed by atoms with Crippen molar-refractivity contribution >= 4 is 35.7 Å². The summed E-state index contributed by atoms with van der Waals surface area (Å²) in [5, 5.41) is 0. The Morgan fingerprint density at radius 3 is 0.550 bits per heavy atom. The van der Waals surface area contributed by atoms with Crippen LogP contribution in [-0.4, -0.2) is 108 Å². The second-order valence-electron chi connectivity index (χ2n) is 13.6. The molecule has 0 atom stereocenters. The maximum absolute atomic E-state index is 4.91. The summed E-state index contributed by atoms with van der Waals surface area (Å²) in [6.07, 6.45) is 15.3. The maximum Gasteiger partial charge on any atom is 0.232 e. The first kappa shape index (κ1) is 59.6. The molecule has 0 bridgehead atoms. The number of nitrogens with zero attached hydrogens (tertiary/aromatic N) is 12. The van der Waals surface area contributed by atoms with Crippen LogP contribution in [0.2, 0.25) is 0 Å². The molecule has 0 aliphatic carbocycles. The van der Waals surface area contributed by atoms with Crippen LogP contribution in [0.5, 0.6) is 0 Å². The topological polar surface area (TPSA) is 96.8 Å². The third-order valence-electron chi connectivity index (χ3n) is 8.39. The molecule has 2 aromatic heterocycles. The van der Waals surface area contributed by atoms with Crippen LogP contribution in [-0.2, 0) is 0 Å². The molecule has 0 aromatic carbocycles. The summed E-state index contributed by atoms with van der Waals surface area (Å²) >= 11 is 0. The average molecular weight is 835 g/mol. The molecular weight excluding hydrogens is 745 g/mol. The highest BCUT2D eigenvalue weighted by molar-refractivity contribution is 5.48. The van der Waals surface area contributed by atoms with Crippen molar-refractivity contribution in [3.8, 4) is 0 Å². The van der Waals surface area contributed by atoms with Gasteiger partial charge in [0.1, 0.15) is 0 Å². The van der Waals surface area contributed by atoms with Crippen LogP contribution >= 0.6 is 0 Å². The van der Waals surface area contributed by atoms with Gasteiger partial charge in [-0.05, 0) is 57.8 Å². The zero-order valence-electron chi connectivity index (χ0n) is 40.3. The smallest absolute Gasteiger partial charge is 0.232 e. The van der Waals surface area contributed by atoms with Gasteiger partial charge in [0.2, 0.25) is 35.7 Å². The molecule has 0 unspecified atom stereocenters. The lowest BCUT2D eigenvalue weighted by atomic mass is 10.3. The molecule has 12 heteroatoms. The van der Waals surface area contributed by atoms with Crippen LogP contribution in [0.25, 0.3) is 0 Å². The molecule has 0 N–H and O–H groups in total. The van der Waals surface area contributed by atoms with Gasteiger partial charge < -0.3 is 29.4 Å². The van der Waals surface area contributed by atoms with Crippen molar-refractivity contribution < 1.29 is 0 Å². The van der Waals surface area contributed by atoms with Crippen molar-refractivity contribution in [2.24, 2.45) is 0 Å². The van der Waals surface area contributed by atoms with Gasteiger partial charge in [0.05, 0.1) is 0 Å². The lowest BCUT2D eigenvalue weighted by Crippen LogP contribution is -2.33. The van der Waals surface area contributed by atoms with Crippen LogP contribution in [0.3, 0.4) is 0 Å². The Morgan fingerprint density at radius 1 is 0.283 bits per heavy atom. The fourth-order valence-corrected chi connectivity index (χ4v) is 6.19. The molecule has 12 nitrogen and oxygen atoms in total. The van der Waals surface area contributed by atoms with Crippen molar-refractivity contribution in [3.63, 3.8) is 0 Å². The van der Waals surface area contributed by atoms with Gasteiger partial charge in [-0.15, -0.1) is 59.2 Å². The Kier molecular flexibility index (Phi) is 40.7. The molecule has 0 radical (unpaired) electrons. The minimum absolute atomic E-state index is 0.701. The quantitative estimate of drug-likeness (QED) is 0.0701. The SMILES string of the molecule is C=C.C=C.C=C.C=CCN(CCC)c1nc(N(CC=C)CCC)nc(N(CC=C)CCC)n1.CCCN(CCC)c1nc(N(CCC)CCC)nc(N(CCC)CCC)n1. The van der Waals surface area contributed by atoms with Crippen molar-refractivity contribution in [1.29, 1.82) is 0 Å². The lowest BCUT2D eigenvalue weighted by Gasteiger charge is -2.28. The Hall–Kier alpha value is -4.74. The normalized spacial score (nSPS) is 9.75. The first-order valence-corrected chi connectivity index (χ1v) is 22.6. The second-order valence-corrected chi connectivity index (χ2v) is 13.6. The minimum atomic E-state index is 0.701. The third kappa shape index (κ3) is 23.2. The minimum Gasteiger partial charge on any atom is -0.341 e. The molecule has 0 aliphatic rings. The van der Waals surface area contributed by atoms with Crippen molar-refractivity contribution in [1.82, 2.24) is 29.9 Å². The Bertz CT molecular complexity index is 1140. The highest BCUT2D eigenvalue weighted by atomic mass is 15.4. The molecule has 0 aliphatic heterocycles. The van der Waals surface area contributed by atoms with Gasteiger partial charge in [0, 0.05) is 78.5 Å². The average Bonchev–Trinajstić information content (AvgIpc) is 3.28. The lowest BCUT2D eigenvalue weighted by molar-refractivity contribution is 0.675. The zero-order valence-corrected chi connectivity index (χ0v) is 40.3. The summed E-state index contributed by atoms with van der Waals surface area (Å²) in [6, 6.07) is 0. The van der Waals surface area contributed by atoms with Crippen LogP contribution in [0.15, 0.2) is 77.4 Å². The summed E-state index contributed by atoms with van der Waals surface area (Å²) in [6.45, 7) is 60.1. The number of hydrogen-bond acceptors (Lipinski definition) is 12. The van der Waals surface area contributed by atoms with Gasteiger partial charge in [-0.2, -0.15) is 29.9 Å². The number of anilines is 6. The molecule has 0 spiro atoms. The van der Waals surface area contributed by atoms with E-state index in [1.165, 1.54) is 0 Å². The molecule has 0 saturated carbocycles. The molecule has 342 valence electrons. The van der Waals surface area contributed by atoms with E-state index in [1.807, 2.05) is 18.2 Å². The number of aromatic nitrogens is 6. The van der Waals surface area contributed by atoms with E-state index in [0.717, 1.165) is 135 Å². The summed E-state index contributed by atoms with van der Waals surface area (Å²) in [7, 11) is 0. The Balaban J connectivity index is -0.000000962. The first-order valence-electron chi connectivity index (χ1n) is 22.6. The molecule has 2 rings (SSSR count). The molecule has 2 heterocycles. The van der Waals surface area contributed by atoms with Crippen LogP contribution in [0.4, 0.5) is 35.7 Å². The zero-order chi connectivity index (χ0) is 46.1. The fourth-order valence-electron chi connectivity index (χ4n) is 6.19. The number of rotatable bonds is 30. The monoisotopic (exact) mass is 835 g/mol.